The lowest BCUT2D eigenvalue weighted by molar-refractivity contribution is 0.0694. The first-order valence-electron chi connectivity index (χ1n) is 7.00. The van der Waals surface area contributed by atoms with Gasteiger partial charge >= 0.3 is 5.97 Å². The van der Waals surface area contributed by atoms with Gasteiger partial charge in [-0.25, -0.2) is 4.79 Å². The predicted molar refractivity (Wildman–Crippen MR) is 87.4 cm³/mol. The number of aryl methyl sites for hydroxylation is 2. The molecule has 22 heavy (non-hydrogen) atoms. The minimum Gasteiger partial charge on any atom is -0.477 e. The Morgan fingerprint density at radius 2 is 1.86 bits per heavy atom. The van der Waals surface area contributed by atoms with Crippen LogP contribution in [0.3, 0.4) is 0 Å². The van der Waals surface area contributed by atoms with Crippen LogP contribution in [0, 0.1) is 13.8 Å². The molecule has 0 unspecified atom stereocenters. The molecule has 0 spiro atoms. The van der Waals surface area contributed by atoms with Gasteiger partial charge in [-0.1, -0.05) is 24.3 Å². The van der Waals surface area contributed by atoms with E-state index in [0.29, 0.717) is 12.2 Å². The fraction of sp³-hybridized carbons (Fsp3) is 0.222. The van der Waals surface area contributed by atoms with Crippen LogP contribution in [0.15, 0.2) is 47.3 Å². The third kappa shape index (κ3) is 3.01. The molecule has 0 bridgehead atoms. The zero-order chi connectivity index (χ0) is 16.4. The Bertz CT molecular complexity index is 816. The van der Waals surface area contributed by atoms with Crippen LogP contribution in [-0.4, -0.2) is 15.6 Å². The minimum absolute atomic E-state index is 0.228. The first-order valence-corrected chi connectivity index (χ1v) is 7.00. The first-order chi connectivity index (χ1) is 10.3. The summed E-state index contributed by atoms with van der Waals surface area (Å²) in [5.41, 5.74) is 3.92. The summed E-state index contributed by atoms with van der Waals surface area (Å²) >= 11 is 0. The average Bonchev–Trinajstić information content (AvgIpc) is 2.43. The first kappa shape index (κ1) is 15.8. The monoisotopic (exact) mass is 297 g/mol. The van der Waals surface area contributed by atoms with Gasteiger partial charge in [0.2, 0.25) is 0 Å². The number of hydrogen-bond acceptors (Lipinski definition) is 2. The maximum absolute atomic E-state index is 12.4. The highest BCUT2D eigenvalue weighted by atomic mass is 16.4. The largest absolute Gasteiger partial charge is 0.477 e. The lowest BCUT2D eigenvalue weighted by Crippen LogP contribution is -2.27. The molecule has 2 aromatic rings. The Kier molecular flexibility index (Phi) is 4.31. The third-order valence-corrected chi connectivity index (χ3v) is 3.64. The van der Waals surface area contributed by atoms with Crippen LogP contribution in [0.1, 0.15) is 28.4 Å². The summed E-state index contributed by atoms with van der Waals surface area (Å²) in [7, 11) is 0. The normalized spacial score (nSPS) is 10.5. The molecule has 114 valence electrons. The second kappa shape index (κ2) is 6.02. The number of allylic oxidation sites excluding steroid dienone is 1. The van der Waals surface area contributed by atoms with Crippen LogP contribution < -0.4 is 5.56 Å². The number of pyridine rings is 1. The van der Waals surface area contributed by atoms with Gasteiger partial charge in [-0.3, -0.25) is 4.79 Å². The molecule has 1 N–H and O–H groups in total. The zero-order valence-electron chi connectivity index (χ0n) is 13.0. The van der Waals surface area contributed by atoms with Crippen LogP contribution in [0.5, 0.6) is 0 Å². The van der Waals surface area contributed by atoms with Crippen molar-refractivity contribution in [1.82, 2.24) is 4.57 Å². The van der Waals surface area contributed by atoms with E-state index in [1.165, 1.54) is 16.2 Å². The highest BCUT2D eigenvalue weighted by Gasteiger charge is 2.15. The van der Waals surface area contributed by atoms with E-state index in [4.69, 9.17) is 5.11 Å². The lowest BCUT2D eigenvalue weighted by atomic mass is 10.0. The zero-order valence-corrected chi connectivity index (χ0v) is 13.0. The predicted octanol–water partition coefficient (Wildman–Crippen LogP) is 3.41. The molecule has 1 aromatic heterocycles. The number of rotatable bonds is 4. The van der Waals surface area contributed by atoms with E-state index >= 15 is 0 Å². The molecule has 0 aliphatic rings. The number of benzene rings is 1. The molecule has 0 amide bonds. The molecule has 4 nitrogen and oxygen atoms in total. The molecule has 2 rings (SSSR count). The molecular formula is C18H19NO3. The number of aromatic nitrogens is 1. The van der Waals surface area contributed by atoms with Crippen molar-refractivity contribution in [2.45, 2.75) is 27.3 Å². The summed E-state index contributed by atoms with van der Waals surface area (Å²) in [6.07, 6.45) is 0. The number of aromatic carboxylic acids is 1. The molecule has 0 aliphatic carbocycles. The molecule has 0 saturated heterocycles. The second-order valence-corrected chi connectivity index (χ2v) is 5.58. The topological polar surface area (TPSA) is 59.3 Å². The van der Waals surface area contributed by atoms with Crippen LogP contribution >= 0.6 is 0 Å². The number of carbonyl (C=O) groups is 1. The summed E-state index contributed by atoms with van der Waals surface area (Å²) in [6, 6.07) is 8.97. The summed E-state index contributed by atoms with van der Waals surface area (Å²) in [5.74, 6) is -1.22. The second-order valence-electron chi connectivity index (χ2n) is 5.58. The molecule has 1 heterocycles. The maximum Gasteiger partial charge on any atom is 0.341 e. The van der Waals surface area contributed by atoms with E-state index in [1.54, 1.807) is 6.07 Å². The molecule has 0 aliphatic heterocycles. The van der Waals surface area contributed by atoms with Gasteiger partial charge in [0, 0.05) is 6.54 Å². The Morgan fingerprint density at radius 3 is 2.41 bits per heavy atom. The van der Waals surface area contributed by atoms with E-state index in [0.717, 1.165) is 16.7 Å². The smallest absolute Gasteiger partial charge is 0.341 e. The van der Waals surface area contributed by atoms with Gasteiger partial charge in [0.15, 0.2) is 0 Å². The maximum atomic E-state index is 12.4. The summed E-state index contributed by atoms with van der Waals surface area (Å²) in [5, 5.41) is 9.13. The molecule has 0 radical (unpaired) electrons. The highest BCUT2D eigenvalue weighted by Crippen LogP contribution is 2.22. The van der Waals surface area contributed by atoms with Crippen LogP contribution in [0.25, 0.3) is 11.3 Å². The van der Waals surface area contributed by atoms with Crippen LogP contribution in [0.2, 0.25) is 0 Å². The van der Waals surface area contributed by atoms with Gasteiger partial charge in [0.1, 0.15) is 5.56 Å². The van der Waals surface area contributed by atoms with E-state index in [9.17, 15) is 9.59 Å². The molecule has 0 fully saturated rings. The fourth-order valence-corrected chi connectivity index (χ4v) is 2.32. The van der Waals surface area contributed by atoms with Gasteiger partial charge in [-0.05, 0) is 55.7 Å². The van der Waals surface area contributed by atoms with Crippen molar-refractivity contribution in [1.29, 1.82) is 0 Å². The van der Waals surface area contributed by atoms with Gasteiger partial charge in [0.25, 0.3) is 5.56 Å². The van der Waals surface area contributed by atoms with Gasteiger partial charge < -0.3 is 9.67 Å². The highest BCUT2D eigenvalue weighted by molar-refractivity contribution is 5.87. The average molecular weight is 297 g/mol. The van der Waals surface area contributed by atoms with E-state index in [2.05, 4.69) is 6.58 Å². The molecule has 0 saturated carbocycles. The van der Waals surface area contributed by atoms with Crippen molar-refractivity contribution in [2.75, 3.05) is 0 Å². The van der Waals surface area contributed by atoms with Crippen LogP contribution in [-0.2, 0) is 6.54 Å². The van der Waals surface area contributed by atoms with E-state index < -0.39 is 11.5 Å². The number of nitrogens with zero attached hydrogens (tertiary/aromatic N) is 1. The minimum atomic E-state index is -1.22. The summed E-state index contributed by atoms with van der Waals surface area (Å²) in [6.45, 7) is 9.96. The fourth-order valence-electron chi connectivity index (χ4n) is 2.32. The third-order valence-electron chi connectivity index (χ3n) is 3.64. The molecular weight excluding hydrogens is 278 g/mol. The quantitative estimate of drug-likeness (QED) is 0.880. The van der Waals surface area contributed by atoms with Crippen molar-refractivity contribution < 1.29 is 9.90 Å². The summed E-state index contributed by atoms with van der Waals surface area (Å²) in [4.78, 5) is 23.6. The Hall–Kier alpha value is -2.62. The molecule has 0 atom stereocenters. The summed E-state index contributed by atoms with van der Waals surface area (Å²) < 4.78 is 1.47. The van der Waals surface area contributed by atoms with E-state index in [1.807, 2.05) is 39.0 Å². The molecule has 1 aromatic carbocycles. The Labute approximate surface area is 129 Å². The lowest BCUT2D eigenvalue weighted by Gasteiger charge is -2.15. The van der Waals surface area contributed by atoms with Crippen molar-refractivity contribution in [3.05, 3.63) is 69.5 Å². The van der Waals surface area contributed by atoms with Crippen molar-refractivity contribution in [2.24, 2.45) is 0 Å². The Morgan fingerprint density at radius 1 is 1.18 bits per heavy atom. The van der Waals surface area contributed by atoms with Gasteiger partial charge in [-0.2, -0.15) is 0 Å². The number of carboxylic acids is 1. The van der Waals surface area contributed by atoms with E-state index in [-0.39, 0.29) is 5.56 Å². The van der Waals surface area contributed by atoms with Crippen molar-refractivity contribution >= 4 is 5.97 Å². The number of hydrogen-bond donors (Lipinski definition) is 1. The SMILES string of the molecule is C=C(C)Cn1c(-c2ccc(C)c(C)c2)ccc(C(=O)O)c1=O. The van der Waals surface area contributed by atoms with Gasteiger partial charge in [-0.15, -0.1) is 0 Å². The van der Waals surface area contributed by atoms with Crippen molar-refractivity contribution in [3.63, 3.8) is 0 Å². The molecule has 4 heteroatoms. The van der Waals surface area contributed by atoms with Gasteiger partial charge in [0.05, 0.1) is 5.69 Å². The van der Waals surface area contributed by atoms with Crippen molar-refractivity contribution in [3.8, 4) is 11.3 Å². The standard InChI is InChI=1S/C18H19NO3/c1-11(2)10-19-16(8-7-15(17(19)20)18(21)22)14-6-5-12(3)13(4)9-14/h5-9H,1,10H2,2-4H3,(H,21,22). The Balaban J connectivity index is 2.71. The van der Waals surface area contributed by atoms with Crippen LogP contribution in [0.4, 0.5) is 0 Å². The number of carboxylic acid groups (broad SMARTS) is 1.